The highest BCUT2D eigenvalue weighted by Crippen LogP contribution is 2.48. The highest BCUT2D eigenvalue weighted by atomic mass is 19.3. The van der Waals surface area contributed by atoms with Crippen molar-refractivity contribution in [3.8, 4) is 5.75 Å². The van der Waals surface area contributed by atoms with Crippen LogP contribution in [0.2, 0.25) is 0 Å². The quantitative estimate of drug-likeness (QED) is 0.458. The molecule has 0 N–H and O–H groups in total. The minimum Gasteiger partial charge on any atom is -0.429 e. The third kappa shape index (κ3) is 4.24. The molecule has 1 nitrogen and oxygen atoms in total. The van der Waals surface area contributed by atoms with Gasteiger partial charge in [0.2, 0.25) is 0 Å². The van der Waals surface area contributed by atoms with Gasteiger partial charge in [0.1, 0.15) is 0 Å². The van der Waals surface area contributed by atoms with Gasteiger partial charge in [0.15, 0.2) is 17.4 Å². The number of halogens is 4. The zero-order valence-corrected chi connectivity index (χ0v) is 16.8. The number of benzene rings is 2. The average molecular weight is 408 g/mol. The van der Waals surface area contributed by atoms with Crippen LogP contribution < -0.4 is 4.74 Å². The van der Waals surface area contributed by atoms with Crippen molar-refractivity contribution < 1.29 is 22.3 Å². The van der Waals surface area contributed by atoms with Crippen molar-refractivity contribution in [3.63, 3.8) is 0 Å². The second kappa shape index (κ2) is 8.53. The molecular weight excluding hydrogens is 380 g/mol. The Kier molecular flexibility index (Phi) is 6.03. The van der Waals surface area contributed by atoms with Gasteiger partial charge in [-0.2, -0.15) is 8.78 Å². The first-order valence-electron chi connectivity index (χ1n) is 10.8. The Bertz CT molecular complexity index is 866. The molecule has 4 atom stereocenters. The standard InChI is InChI=1S/C24H28F4O/c1-2-3-14-4-5-16-11-17(7-6-15(16)10-14)18-8-9-20-19(12-18)13-21(25)23(22(20)26)29-24(27)28/h8-9,12-17,24H,2-7,10-11H2,1H3. The van der Waals surface area contributed by atoms with Crippen molar-refractivity contribution in [2.45, 2.75) is 70.8 Å². The SMILES string of the molecule is CCCC1CCC2CC(c3ccc4c(F)c(OC(F)F)c(F)cc4c3)CCC2C1. The molecule has 4 rings (SSSR count). The first-order valence-corrected chi connectivity index (χ1v) is 10.8. The maximum atomic E-state index is 14.5. The monoisotopic (exact) mass is 408 g/mol. The lowest BCUT2D eigenvalue weighted by Gasteiger charge is -2.42. The number of fused-ring (bicyclic) bond motifs is 2. The van der Waals surface area contributed by atoms with Gasteiger partial charge in [0, 0.05) is 5.39 Å². The van der Waals surface area contributed by atoms with E-state index in [-0.39, 0.29) is 5.39 Å². The lowest BCUT2D eigenvalue weighted by Crippen LogP contribution is -2.30. The Hall–Kier alpha value is -1.78. The number of rotatable bonds is 5. The topological polar surface area (TPSA) is 9.23 Å². The maximum absolute atomic E-state index is 14.5. The fraction of sp³-hybridized carbons (Fsp3) is 0.583. The van der Waals surface area contributed by atoms with Crippen LogP contribution >= 0.6 is 0 Å². The first-order chi connectivity index (χ1) is 14.0. The van der Waals surface area contributed by atoms with E-state index >= 15 is 0 Å². The third-order valence-corrected chi connectivity index (χ3v) is 7.11. The van der Waals surface area contributed by atoms with Crippen LogP contribution in [0.5, 0.6) is 5.75 Å². The van der Waals surface area contributed by atoms with Crippen molar-refractivity contribution >= 4 is 10.8 Å². The predicted molar refractivity (Wildman–Crippen MR) is 106 cm³/mol. The fourth-order valence-electron chi connectivity index (χ4n) is 5.74. The maximum Gasteiger partial charge on any atom is 0.387 e. The van der Waals surface area contributed by atoms with Crippen LogP contribution in [0.1, 0.15) is 69.8 Å². The molecule has 2 saturated carbocycles. The van der Waals surface area contributed by atoms with Crippen LogP contribution in [0.4, 0.5) is 17.6 Å². The zero-order valence-electron chi connectivity index (χ0n) is 16.8. The summed E-state index contributed by atoms with van der Waals surface area (Å²) >= 11 is 0. The van der Waals surface area contributed by atoms with E-state index in [0.717, 1.165) is 42.2 Å². The Labute approximate surface area is 169 Å². The molecule has 2 aliphatic carbocycles. The van der Waals surface area contributed by atoms with Crippen LogP contribution in [-0.4, -0.2) is 6.61 Å². The summed E-state index contributed by atoms with van der Waals surface area (Å²) in [7, 11) is 0. The van der Waals surface area contributed by atoms with E-state index in [1.54, 1.807) is 6.07 Å². The van der Waals surface area contributed by atoms with E-state index in [1.807, 2.05) is 12.1 Å². The normalized spacial score (nSPS) is 27.2. The molecule has 2 aromatic rings. The second-order valence-electron chi connectivity index (χ2n) is 8.86. The van der Waals surface area contributed by atoms with Crippen molar-refractivity contribution in [1.82, 2.24) is 0 Å². The molecule has 0 bridgehead atoms. The van der Waals surface area contributed by atoms with Crippen molar-refractivity contribution in [3.05, 3.63) is 41.5 Å². The molecule has 0 heterocycles. The summed E-state index contributed by atoms with van der Waals surface area (Å²) in [5.41, 5.74) is 1.09. The van der Waals surface area contributed by atoms with E-state index in [9.17, 15) is 17.6 Å². The van der Waals surface area contributed by atoms with Gasteiger partial charge < -0.3 is 4.74 Å². The minimum absolute atomic E-state index is 0.111. The second-order valence-corrected chi connectivity index (χ2v) is 8.86. The van der Waals surface area contributed by atoms with Crippen LogP contribution in [0.15, 0.2) is 24.3 Å². The Balaban J connectivity index is 1.53. The van der Waals surface area contributed by atoms with E-state index in [1.165, 1.54) is 38.5 Å². The molecule has 5 heteroatoms. The van der Waals surface area contributed by atoms with Gasteiger partial charge >= 0.3 is 6.61 Å². The smallest absolute Gasteiger partial charge is 0.387 e. The highest BCUT2D eigenvalue weighted by molar-refractivity contribution is 5.85. The highest BCUT2D eigenvalue weighted by Gasteiger charge is 2.35. The van der Waals surface area contributed by atoms with Crippen LogP contribution in [0, 0.1) is 29.4 Å². The molecule has 158 valence electrons. The van der Waals surface area contributed by atoms with Gasteiger partial charge in [0.05, 0.1) is 0 Å². The largest absolute Gasteiger partial charge is 0.429 e. The summed E-state index contributed by atoms with van der Waals surface area (Å²) in [6.45, 7) is -1.00. The van der Waals surface area contributed by atoms with Crippen molar-refractivity contribution in [1.29, 1.82) is 0 Å². The van der Waals surface area contributed by atoms with Crippen molar-refractivity contribution in [2.75, 3.05) is 0 Å². The van der Waals surface area contributed by atoms with Gasteiger partial charge in [0.25, 0.3) is 0 Å². The van der Waals surface area contributed by atoms with Gasteiger partial charge in [-0.1, -0.05) is 44.4 Å². The van der Waals surface area contributed by atoms with E-state index < -0.39 is 24.0 Å². The Morgan fingerprint density at radius 3 is 2.52 bits per heavy atom. The van der Waals surface area contributed by atoms with Crippen LogP contribution in [-0.2, 0) is 0 Å². The zero-order chi connectivity index (χ0) is 20.5. The summed E-state index contributed by atoms with van der Waals surface area (Å²) in [6.07, 6.45) is 10.0. The summed E-state index contributed by atoms with van der Waals surface area (Å²) in [6, 6.07) is 6.35. The minimum atomic E-state index is -3.27. The summed E-state index contributed by atoms with van der Waals surface area (Å²) in [5.74, 6) is -0.325. The molecule has 4 unspecified atom stereocenters. The van der Waals surface area contributed by atoms with E-state index in [0.29, 0.717) is 11.3 Å². The molecule has 0 saturated heterocycles. The molecule has 29 heavy (non-hydrogen) atoms. The lowest BCUT2D eigenvalue weighted by molar-refractivity contribution is -0.0544. The van der Waals surface area contributed by atoms with Gasteiger partial charge in [-0.15, -0.1) is 0 Å². The van der Waals surface area contributed by atoms with Crippen molar-refractivity contribution in [2.24, 2.45) is 17.8 Å². The number of hydrogen-bond acceptors (Lipinski definition) is 1. The number of alkyl halides is 2. The van der Waals surface area contributed by atoms with E-state index in [2.05, 4.69) is 11.7 Å². The first kappa shape index (κ1) is 20.5. The molecular formula is C24H28F4O. The molecule has 0 aromatic heterocycles. The van der Waals surface area contributed by atoms with Crippen LogP contribution in [0.25, 0.3) is 10.8 Å². The fourth-order valence-corrected chi connectivity index (χ4v) is 5.74. The summed E-state index contributed by atoms with van der Waals surface area (Å²) in [4.78, 5) is 0. The molecule has 0 aliphatic heterocycles. The van der Waals surface area contributed by atoms with Gasteiger partial charge in [-0.3, -0.25) is 0 Å². The summed E-state index contributed by atoms with van der Waals surface area (Å²) in [5, 5.41) is 0.507. The van der Waals surface area contributed by atoms with Crippen LogP contribution in [0.3, 0.4) is 0 Å². The predicted octanol–water partition coefficient (Wildman–Crippen LogP) is 7.82. The van der Waals surface area contributed by atoms with Gasteiger partial charge in [-0.05, 0) is 72.8 Å². The molecule has 0 amide bonds. The van der Waals surface area contributed by atoms with Gasteiger partial charge in [-0.25, -0.2) is 8.78 Å². The molecule has 2 aromatic carbocycles. The summed E-state index contributed by atoms with van der Waals surface area (Å²) < 4.78 is 57.5. The molecule has 0 radical (unpaired) electrons. The third-order valence-electron chi connectivity index (χ3n) is 7.11. The van der Waals surface area contributed by atoms with E-state index in [4.69, 9.17) is 0 Å². The lowest BCUT2D eigenvalue weighted by atomic mass is 9.63. The number of hydrogen-bond donors (Lipinski definition) is 0. The molecule has 0 spiro atoms. The number of ether oxygens (including phenoxy) is 1. The molecule has 2 aliphatic rings. The Morgan fingerprint density at radius 1 is 1.00 bits per heavy atom. The Morgan fingerprint density at radius 2 is 1.76 bits per heavy atom. The average Bonchev–Trinajstić information content (AvgIpc) is 2.70. The molecule has 2 fully saturated rings.